The van der Waals surface area contributed by atoms with Gasteiger partial charge in [0.25, 0.3) is 5.91 Å². The van der Waals surface area contributed by atoms with E-state index in [1.54, 1.807) is 6.07 Å². The number of ether oxygens (including phenoxy) is 1. The first-order valence-corrected chi connectivity index (χ1v) is 9.42. The first kappa shape index (κ1) is 17.5. The van der Waals surface area contributed by atoms with Crippen molar-refractivity contribution in [3.63, 3.8) is 0 Å². The minimum absolute atomic E-state index is 0.0296. The summed E-state index contributed by atoms with van der Waals surface area (Å²) in [6.07, 6.45) is 5.56. The van der Waals surface area contributed by atoms with Gasteiger partial charge in [-0.15, -0.1) is 10.2 Å². The molecule has 2 aliphatic rings. The van der Waals surface area contributed by atoms with E-state index in [2.05, 4.69) is 25.4 Å². The van der Waals surface area contributed by atoms with E-state index in [0.717, 1.165) is 48.7 Å². The molecule has 8 nitrogen and oxygen atoms in total. The Morgan fingerprint density at radius 3 is 3.04 bits per heavy atom. The second kappa shape index (κ2) is 7.77. The van der Waals surface area contributed by atoms with E-state index in [9.17, 15) is 9.59 Å². The molecular formula is C19H23N5O3. The van der Waals surface area contributed by atoms with Gasteiger partial charge in [0.1, 0.15) is 11.6 Å². The number of carbonyl (C=O) groups excluding carboxylic acids is 2. The Balaban J connectivity index is 1.29. The lowest BCUT2D eigenvalue weighted by molar-refractivity contribution is -0.123. The summed E-state index contributed by atoms with van der Waals surface area (Å²) in [4.78, 5) is 23.5. The van der Waals surface area contributed by atoms with Crippen LogP contribution < -0.4 is 15.4 Å². The Morgan fingerprint density at radius 1 is 1.19 bits per heavy atom. The fourth-order valence-corrected chi connectivity index (χ4v) is 3.50. The van der Waals surface area contributed by atoms with E-state index in [0.29, 0.717) is 25.1 Å². The maximum Gasteiger partial charge on any atom is 0.258 e. The number of nitrogens with zero attached hydrogens (tertiary/aromatic N) is 3. The summed E-state index contributed by atoms with van der Waals surface area (Å²) in [6, 6.07) is 5.45. The van der Waals surface area contributed by atoms with Crippen LogP contribution in [0.4, 0.5) is 5.69 Å². The van der Waals surface area contributed by atoms with Gasteiger partial charge in [-0.2, -0.15) is 0 Å². The van der Waals surface area contributed by atoms with E-state index >= 15 is 0 Å². The molecule has 0 bridgehead atoms. The maximum atomic E-state index is 12.1. The minimum Gasteiger partial charge on any atom is -0.484 e. The van der Waals surface area contributed by atoms with Gasteiger partial charge in [-0.1, -0.05) is 6.42 Å². The van der Waals surface area contributed by atoms with Gasteiger partial charge in [0, 0.05) is 25.1 Å². The highest BCUT2D eigenvalue weighted by Gasteiger charge is 2.17. The summed E-state index contributed by atoms with van der Waals surface area (Å²) < 4.78 is 7.71. The lowest BCUT2D eigenvalue weighted by Crippen LogP contribution is -2.29. The largest absolute Gasteiger partial charge is 0.484 e. The molecule has 27 heavy (non-hydrogen) atoms. The summed E-state index contributed by atoms with van der Waals surface area (Å²) in [5.74, 6) is 2.25. The highest BCUT2D eigenvalue weighted by atomic mass is 16.5. The van der Waals surface area contributed by atoms with Gasteiger partial charge in [-0.3, -0.25) is 9.59 Å². The molecule has 4 rings (SSSR count). The highest BCUT2D eigenvalue weighted by Crippen LogP contribution is 2.26. The van der Waals surface area contributed by atoms with E-state index in [-0.39, 0.29) is 18.4 Å². The fraction of sp³-hybridized carbons (Fsp3) is 0.474. The average Bonchev–Trinajstić information content (AvgIpc) is 2.90. The van der Waals surface area contributed by atoms with Gasteiger partial charge in [0.05, 0.1) is 6.54 Å². The van der Waals surface area contributed by atoms with Gasteiger partial charge in [0.15, 0.2) is 12.4 Å². The van der Waals surface area contributed by atoms with Crippen molar-refractivity contribution in [1.29, 1.82) is 0 Å². The molecule has 3 heterocycles. The SMILES string of the molecule is O=C(COc1ccc2c(c1)CCC(=O)N2)NCc1nnc2n1CCCCC2. The zero-order chi connectivity index (χ0) is 18.6. The summed E-state index contributed by atoms with van der Waals surface area (Å²) >= 11 is 0. The standard InChI is InChI=1S/C19H23N5O3/c25-18-8-5-13-10-14(6-7-15(13)21-18)27-12-19(26)20-11-17-23-22-16-4-2-1-3-9-24(16)17/h6-7,10H,1-5,8-9,11-12H2,(H,20,26)(H,21,25). The third kappa shape index (κ3) is 4.10. The molecule has 0 saturated heterocycles. The molecule has 8 heteroatoms. The number of fused-ring (bicyclic) bond motifs is 2. The molecule has 0 spiro atoms. The predicted molar refractivity (Wildman–Crippen MR) is 98.3 cm³/mol. The number of carbonyl (C=O) groups is 2. The van der Waals surface area contributed by atoms with Crippen molar-refractivity contribution in [3.05, 3.63) is 35.4 Å². The summed E-state index contributed by atoms with van der Waals surface area (Å²) in [5.41, 5.74) is 1.84. The number of aryl methyl sites for hydroxylation is 2. The van der Waals surface area contributed by atoms with Crippen molar-refractivity contribution in [2.75, 3.05) is 11.9 Å². The van der Waals surface area contributed by atoms with E-state index < -0.39 is 0 Å². The normalized spacial score (nSPS) is 15.9. The monoisotopic (exact) mass is 369 g/mol. The number of anilines is 1. The number of rotatable bonds is 5. The topological polar surface area (TPSA) is 98.1 Å². The van der Waals surface area contributed by atoms with Crippen LogP contribution in [0.15, 0.2) is 18.2 Å². The van der Waals surface area contributed by atoms with Gasteiger partial charge < -0.3 is 19.9 Å². The van der Waals surface area contributed by atoms with Crippen LogP contribution in [-0.4, -0.2) is 33.2 Å². The van der Waals surface area contributed by atoms with Crippen LogP contribution in [0.1, 0.15) is 42.9 Å². The van der Waals surface area contributed by atoms with Crippen LogP contribution in [0, 0.1) is 0 Å². The van der Waals surface area contributed by atoms with Crippen LogP contribution >= 0.6 is 0 Å². The molecule has 2 aromatic rings. The molecule has 0 radical (unpaired) electrons. The average molecular weight is 369 g/mol. The van der Waals surface area contributed by atoms with Crippen LogP contribution in [0.2, 0.25) is 0 Å². The van der Waals surface area contributed by atoms with Crippen molar-refractivity contribution in [2.24, 2.45) is 0 Å². The first-order chi connectivity index (χ1) is 13.2. The predicted octanol–water partition coefficient (Wildman–Crippen LogP) is 1.58. The third-order valence-electron chi connectivity index (χ3n) is 4.97. The molecule has 0 aliphatic carbocycles. The highest BCUT2D eigenvalue weighted by molar-refractivity contribution is 5.94. The molecule has 0 atom stereocenters. The molecule has 1 aromatic heterocycles. The maximum absolute atomic E-state index is 12.1. The van der Waals surface area contributed by atoms with Crippen LogP contribution in [0.5, 0.6) is 5.75 Å². The quantitative estimate of drug-likeness (QED) is 0.834. The molecule has 142 valence electrons. The minimum atomic E-state index is -0.202. The Morgan fingerprint density at radius 2 is 2.11 bits per heavy atom. The number of hydrogen-bond acceptors (Lipinski definition) is 5. The Labute approximate surface area is 157 Å². The molecule has 2 amide bonds. The van der Waals surface area contributed by atoms with E-state index in [4.69, 9.17) is 4.74 Å². The molecule has 0 unspecified atom stereocenters. The van der Waals surface area contributed by atoms with Gasteiger partial charge in [0.2, 0.25) is 5.91 Å². The summed E-state index contributed by atoms with van der Waals surface area (Å²) in [5, 5.41) is 14.1. The Hall–Kier alpha value is -2.90. The van der Waals surface area contributed by atoms with Gasteiger partial charge >= 0.3 is 0 Å². The molecule has 2 aliphatic heterocycles. The van der Waals surface area contributed by atoms with Gasteiger partial charge in [-0.25, -0.2) is 0 Å². The number of nitrogens with one attached hydrogen (secondary N) is 2. The lowest BCUT2D eigenvalue weighted by Gasteiger charge is -2.17. The molecule has 2 N–H and O–H groups in total. The second-order valence-corrected chi connectivity index (χ2v) is 6.93. The molecule has 0 saturated carbocycles. The fourth-order valence-electron chi connectivity index (χ4n) is 3.50. The lowest BCUT2D eigenvalue weighted by atomic mass is 10.0. The summed E-state index contributed by atoms with van der Waals surface area (Å²) in [6.45, 7) is 1.20. The zero-order valence-corrected chi connectivity index (χ0v) is 15.2. The third-order valence-corrected chi connectivity index (χ3v) is 4.97. The molecular weight excluding hydrogens is 346 g/mol. The van der Waals surface area contributed by atoms with Crippen LogP contribution in [0.25, 0.3) is 0 Å². The summed E-state index contributed by atoms with van der Waals surface area (Å²) in [7, 11) is 0. The molecule has 1 aromatic carbocycles. The second-order valence-electron chi connectivity index (χ2n) is 6.93. The Bertz CT molecular complexity index is 861. The van der Waals surface area contributed by atoms with Crippen molar-refractivity contribution in [1.82, 2.24) is 20.1 Å². The zero-order valence-electron chi connectivity index (χ0n) is 15.2. The van der Waals surface area contributed by atoms with Crippen molar-refractivity contribution >= 4 is 17.5 Å². The van der Waals surface area contributed by atoms with Gasteiger partial charge in [-0.05, 0) is 43.0 Å². The van der Waals surface area contributed by atoms with Crippen LogP contribution in [0.3, 0.4) is 0 Å². The first-order valence-electron chi connectivity index (χ1n) is 9.42. The van der Waals surface area contributed by atoms with E-state index in [1.807, 2.05) is 12.1 Å². The van der Waals surface area contributed by atoms with Crippen molar-refractivity contribution in [2.45, 2.75) is 51.6 Å². The van der Waals surface area contributed by atoms with E-state index in [1.165, 1.54) is 6.42 Å². The number of benzene rings is 1. The van der Waals surface area contributed by atoms with Crippen LogP contribution in [-0.2, 0) is 35.5 Å². The number of aromatic nitrogens is 3. The smallest absolute Gasteiger partial charge is 0.258 e. The number of hydrogen-bond donors (Lipinski definition) is 2. The van der Waals surface area contributed by atoms with Crippen molar-refractivity contribution < 1.29 is 14.3 Å². The van der Waals surface area contributed by atoms with Crippen molar-refractivity contribution in [3.8, 4) is 5.75 Å². The molecule has 0 fully saturated rings. The Kier molecular flexibility index (Phi) is 5.04. The number of amides is 2.